The van der Waals surface area contributed by atoms with E-state index >= 15 is 0 Å². The molecule has 0 unspecified atom stereocenters. The predicted molar refractivity (Wildman–Crippen MR) is 90.2 cm³/mol. The average Bonchev–Trinajstić information content (AvgIpc) is 2.71. The molecule has 4 nitrogen and oxygen atoms in total. The molecule has 0 aliphatic heterocycles. The maximum atomic E-state index is 13.1. The zero-order chi connectivity index (χ0) is 16.4. The Kier molecular flexibility index (Phi) is 4.89. The molecule has 2 heterocycles. The number of carbonyl (C=O) groups is 1. The van der Waals surface area contributed by atoms with Gasteiger partial charge in [-0.2, -0.15) is 0 Å². The van der Waals surface area contributed by atoms with Gasteiger partial charge in [-0.3, -0.25) is 9.20 Å². The highest BCUT2D eigenvalue weighted by atomic mass is 16.2. The summed E-state index contributed by atoms with van der Waals surface area (Å²) in [7, 11) is 0. The van der Waals surface area contributed by atoms with Crippen molar-refractivity contribution >= 4 is 11.6 Å². The molecule has 0 aromatic carbocycles. The Hall–Kier alpha value is -1.84. The van der Waals surface area contributed by atoms with Crippen molar-refractivity contribution in [2.45, 2.75) is 41.5 Å². The number of hydrogen-bond donors (Lipinski definition) is 0. The normalized spacial score (nSPS) is 11.6. The summed E-state index contributed by atoms with van der Waals surface area (Å²) >= 11 is 0. The van der Waals surface area contributed by atoms with Gasteiger partial charge in [0.05, 0.1) is 5.69 Å². The summed E-state index contributed by atoms with van der Waals surface area (Å²) in [4.78, 5) is 19.6. The summed E-state index contributed by atoms with van der Waals surface area (Å²) in [6, 6.07) is 3.99. The summed E-state index contributed by atoms with van der Waals surface area (Å²) in [5.74, 6) is 0.978. The molecular weight excluding hydrogens is 274 g/mol. The van der Waals surface area contributed by atoms with Gasteiger partial charge in [0.15, 0.2) is 0 Å². The molecule has 22 heavy (non-hydrogen) atoms. The van der Waals surface area contributed by atoms with E-state index in [-0.39, 0.29) is 5.91 Å². The van der Waals surface area contributed by atoms with Crippen LogP contribution < -0.4 is 0 Å². The van der Waals surface area contributed by atoms with Gasteiger partial charge in [0.2, 0.25) is 0 Å². The number of nitrogens with zero attached hydrogens (tertiary/aromatic N) is 3. The van der Waals surface area contributed by atoms with Gasteiger partial charge in [-0.15, -0.1) is 0 Å². The highest BCUT2D eigenvalue weighted by Crippen LogP contribution is 2.17. The van der Waals surface area contributed by atoms with Crippen LogP contribution in [-0.4, -0.2) is 33.3 Å². The van der Waals surface area contributed by atoms with Crippen LogP contribution >= 0.6 is 0 Å². The first-order chi connectivity index (χ1) is 10.3. The average molecular weight is 301 g/mol. The van der Waals surface area contributed by atoms with Gasteiger partial charge in [0.25, 0.3) is 5.91 Å². The van der Waals surface area contributed by atoms with Crippen LogP contribution in [0.3, 0.4) is 0 Å². The van der Waals surface area contributed by atoms with E-state index in [0.717, 1.165) is 30.0 Å². The topological polar surface area (TPSA) is 37.6 Å². The molecule has 2 rings (SSSR count). The number of pyridine rings is 1. The second kappa shape index (κ2) is 6.51. The number of hydrogen-bond acceptors (Lipinski definition) is 2. The van der Waals surface area contributed by atoms with Crippen LogP contribution in [0, 0.1) is 25.7 Å². The molecule has 0 aliphatic carbocycles. The molecule has 4 heteroatoms. The van der Waals surface area contributed by atoms with Crippen LogP contribution in [0.4, 0.5) is 0 Å². The van der Waals surface area contributed by atoms with Crippen molar-refractivity contribution < 1.29 is 4.79 Å². The first-order valence-corrected chi connectivity index (χ1v) is 8.04. The van der Waals surface area contributed by atoms with Crippen LogP contribution in [0.25, 0.3) is 5.65 Å². The summed E-state index contributed by atoms with van der Waals surface area (Å²) in [6.07, 6.45) is 1.99. The number of aromatic nitrogens is 2. The lowest BCUT2D eigenvalue weighted by Crippen LogP contribution is -2.38. The number of carbonyl (C=O) groups excluding carboxylic acids is 1. The van der Waals surface area contributed by atoms with Crippen molar-refractivity contribution in [2.75, 3.05) is 13.1 Å². The van der Waals surface area contributed by atoms with E-state index in [1.807, 2.05) is 41.5 Å². The fourth-order valence-electron chi connectivity index (χ4n) is 2.80. The molecular formula is C18H27N3O. The lowest BCUT2D eigenvalue weighted by Gasteiger charge is -2.26. The first kappa shape index (κ1) is 16.5. The maximum absolute atomic E-state index is 13.1. The van der Waals surface area contributed by atoms with E-state index in [2.05, 4.69) is 32.7 Å². The summed E-state index contributed by atoms with van der Waals surface area (Å²) in [6.45, 7) is 14.1. The van der Waals surface area contributed by atoms with Crippen LogP contribution in [0.5, 0.6) is 0 Å². The number of imidazole rings is 1. The Morgan fingerprint density at radius 1 is 1.14 bits per heavy atom. The van der Waals surface area contributed by atoms with Gasteiger partial charge in [0.1, 0.15) is 11.3 Å². The van der Waals surface area contributed by atoms with E-state index in [4.69, 9.17) is 0 Å². The van der Waals surface area contributed by atoms with Gasteiger partial charge < -0.3 is 4.90 Å². The van der Waals surface area contributed by atoms with Gasteiger partial charge in [-0.05, 0) is 37.3 Å². The van der Waals surface area contributed by atoms with Crippen molar-refractivity contribution in [3.8, 4) is 0 Å². The van der Waals surface area contributed by atoms with Gasteiger partial charge in [-0.1, -0.05) is 33.8 Å². The van der Waals surface area contributed by atoms with Gasteiger partial charge in [0, 0.05) is 19.3 Å². The van der Waals surface area contributed by atoms with Crippen LogP contribution in [0.1, 0.15) is 49.4 Å². The van der Waals surface area contributed by atoms with E-state index < -0.39 is 0 Å². The highest BCUT2D eigenvalue weighted by Gasteiger charge is 2.23. The molecule has 0 saturated heterocycles. The molecule has 0 N–H and O–H groups in total. The van der Waals surface area contributed by atoms with Crippen molar-refractivity contribution in [3.63, 3.8) is 0 Å². The standard InChI is InChI=1S/C18H27N3O/c1-12(2)9-20(10-13(3)4)18(22)17-15(6)19-16-8-7-14(5)11-21(16)17/h7-8,11-13H,9-10H2,1-6H3. The van der Waals surface area contributed by atoms with Crippen LogP contribution in [-0.2, 0) is 0 Å². The number of aryl methyl sites for hydroxylation is 2. The van der Waals surface area contributed by atoms with Crippen molar-refractivity contribution in [1.29, 1.82) is 0 Å². The molecule has 0 radical (unpaired) electrons. The third-order valence-corrected chi connectivity index (χ3v) is 3.60. The second-order valence-corrected chi connectivity index (χ2v) is 6.98. The molecule has 0 spiro atoms. The lowest BCUT2D eigenvalue weighted by atomic mass is 10.1. The fourth-order valence-corrected chi connectivity index (χ4v) is 2.80. The van der Waals surface area contributed by atoms with Crippen molar-refractivity contribution in [1.82, 2.24) is 14.3 Å². The van der Waals surface area contributed by atoms with Gasteiger partial charge in [-0.25, -0.2) is 4.98 Å². The Labute approximate surface area is 133 Å². The molecule has 0 aliphatic rings. The lowest BCUT2D eigenvalue weighted by molar-refractivity contribution is 0.0707. The highest BCUT2D eigenvalue weighted by molar-refractivity contribution is 5.94. The van der Waals surface area contributed by atoms with Crippen molar-refractivity contribution in [3.05, 3.63) is 35.3 Å². The molecule has 0 saturated carbocycles. The number of amides is 1. The van der Waals surface area contributed by atoms with Crippen LogP contribution in [0.15, 0.2) is 18.3 Å². The molecule has 1 amide bonds. The molecule has 0 atom stereocenters. The smallest absolute Gasteiger partial charge is 0.272 e. The third kappa shape index (κ3) is 3.49. The predicted octanol–water partition coefficient (Wildman–Crippen LogP) is 3.71. The largest absolute Gasteiger partial charge is 0.337 e. The number of fused-ring (bicyclic) bond motifs is 1. The molecule has 0 fully saturated rings. The van der Waals surface area contributed by atoms with Crippen molar-refractivity contribution in [2.24, 2.45) is 11.8 Å². The minimum Gasteiger partial charge on any atom is -0.337 e. The quantitative estimate of drug-likeness (QED) is 0.844. The van der Waals surface area contributed by atoms with E-state index in [1.165, 1.54) is 0 Å². The maximum Gasteiger partial charge on any atom is 0.272 e. The zero-order valence-electron chi connectivity index (χ0n) is 14.6. The minimum absolute atomic E-state index is 0.0815. The third-order valence-electron chi connectivity index (χ3n) is 3.60. The van der Waals surface area contributed by atoms with E-state index in [9.17, 15) is 4.79 Å². The Morgan fingerprint density at radius 3 is 2.27 bits per heavy atom. The molecule has 120 valence electrons. The number of rotatable bonds is 5. The van der Waals surface area contributed by atoms with E-state index in [1.54, 1.807) is 0 Å². The monoisotopic (exact) mass is 301 g/mol. The Bertz CT molecular complexity index is 660. The summed E-state index contributed by atoms with van der Waals surface area (Å²) in [5.41, 5.74) is 3.45. The van der Waals surface area contributed by atoms with E-state index in [0.29, 0.717) is 17.5 Å². The molecule has 2 aromatic rings. The summed E-state index contributed by atoms with van der Waals surface area (Å²) < 4.78 is 1.93. The van der Waals surface area contributed by atoms with Crippen LogP contribution in [0.2, 0.25) is 0 Å². The molecule has 2 aromatic heterocycles. The van der Waals surface area contributed by atoms with Gasteiger partial charge >= 0.3 is 0 Å². The second-order valence-electron chi connectivity index (χ2n) is 6.98. The minimum atomic E-state index is 0.0815. The SMILES string of the molecule is Cc1ccc2nc(C)c(C(=O)N(CC(C)C)CC(C)C)n2c1. The first-order valence-electron chi connectivity index (χ1n) is 8.04. The fraction of sp³-hybridized carbons (Fsp3) is 0.556. The molecule has 0 bridgehead atoms. The Balaban J connectivity index is 2.45. The Morgan fingerprint density at radius 2 is 1.73 bits per heavy atom. The zero-order valence-corrected chi connectivity index (χ0v) is 14.6. The summed E-state index contributed by atoms with van der Waals surface area (Å²) in [5, 5.41) is 0.